The van der Waals surface area contributed by atoms with Crippen LogP contribution in [0.25, 0.3) is 6.08 Å². The monoisotopic (exact) mass is 485 g/mol. The van der Waals surface area contributed by atoms with Crippen molar-refractivity contribution in [2.45, 2.75) is 11.8 Å². The lowest BCUT2D eigenvalue weighted by atomic mass is 9.66. The first-order valence-electron chi connectivity index (χ1n) is 12.1. The fourth-order valence-corrected chi connectivity index (χ4v) is 5.26. The number of nitrogens with zero attached hydrogens (tertiary/aromatic N) is 1. The van der Waals surface area contributed by atoms with E-state index in [0.717, 1.165) is 45.1 Å². The van der Waals surface area contributed by atoms with Gasteiger partial charge in [0.15, 0.2) is 0 Å². The van der Waals surface area contributed by atoms with Crippen molar-refractivity contribution < 1.29 is 23.7 Å². The molecule has 1 fully saturated rings. The molecular weight excluding hydrogens is 454 g/mol. The molecule has 0 saturated carbocycles. The van der Waals surface area contributed by atoms with Gasteiger partial charge in [0.1, 0.15) is 17.2 Å². The van der Waals surface area contributed by atoms with Crippen molar-refractivity contribution in [1.82, 2.24) is 4.90 Å². The normalized spacial score (nSPS) is 18.9. The number of methoxy groups -OCH3 is 3. The molecule has 1 unspecified atom stereocenters. The van der Waals surface area contributed by atoms with Gasteiger partial charge in [-0.15, -0.1) is 0 Å². The highest BCUT2D eigenvalue weighted by Crippen LogP contribution is 2.47. The van der Waals surface area contributed by atoms with E-state index >= 15 is 0 Å². The van der Waals surface area contributed by atoms with Crippen LogP contribution >= 0.6 is 0 Å². The molecule has 3 aromatic carbocycles. The van der Waals surface area contributed by atoms with Crippen molar-refractivity contribution in [2.24, 2.45) is 0 Å². The van der Waals surface area contributed by atoms with Gasteiger partial charge in [0.25, 0.3) is 5.91 Å². The van der Waals surface area contributed by atoms with Crippen LogP contribution in [0.5, 0.6) is 17.2 Å². The Morgan fingerprint density at radius 3 is 2.31 bits per heavy atom. The van der Waals surface area contributed by atoms with E-state index in [1.807, 2.05) is 41.3 Å². The standard InChI is InChI=1S/C30H31NO5/c1-33-23-9-7-22(8-10-23)30(27-12-11-24(34-2)19-28(27)35-3)14-13-21-5-4-6-25(26(21)20-30)29(32)31-15-17-36-18-16-31/h4-14,19H,15-18,20H2,1-3H3. The summed E-state index contributed by atoms with van der Waals surface area (Å²) in [5.74, 6) is 2.30. The highest BCUT2D eigenvalue weighted by molar-refractivity contribution is 5.97. The first kappa shape index (κ1) is 23.9. The van der Waals surface area contributed by atoms with Crippen LogP contribution in [0.4, 0.5) is 0 Å². The largest absolute Gasteiger partial charge is 0.497 e. The van der Waals surface area contributed by atoms with Gasteiger partial charge in [-0.3, -0.25) is 4.79 Å². The van der Waals surface area contributed by atoms with Crippen molar-refractivity contribution >= 4 is 12.0 Å². The summed E-state index contributed by atoms with van der Waals surface area (Å²) in [6.07, 6.45) is 4.97. The van der Waals surface area contributed by atoms with E-state index in [2.05, 4.69) is 36.4 Å². The smallest absolute Gasteiger partial charge is 0.254 e. The van der Waals surface area contributed by atoms with Crippen LogP contribution in [0, 0.1) is 0 Å². The van der Waals surface area contributed by atoms with E-state index in [9.17, 15) is 4.79 Å². The number of hydrogen-bond donors (Lipinski definition) is 0. The van der Waals surface area contributed by atoms with E-state index in [1.165, 1.54) is 0 Å². The molecule has 1 saturated heterocycles. The van der Waals surface area contributed by atoms with Crippen LogP contribution in [0.3, 0.4) is 0 Å². The number of carbonyl (C=O) groups excluding carboxylic acids is 1. The van der Waals surface area contributed by atoms with Crippen molar-refractivity contribution in [3.8, 4) is 17.2 Å². The van der Waals surface area contributed by atoms with Crippen LogP contribution in [0.1, 0.15) is 32.6 Å². The average molecular weight is 486 g/mol. The molecule has 1 amide bonds. The van der Waals surface area contributed by atoms with Crippen molar-refractivity contribution in [3.63, 3.8) is 0 Å². The number of morpholine rings is 1. The fraction of sp³-hybridized carbons (Fsp3) is 0.300. The third-order valence-electron chi connectivity index (χ3n) is 7.24. The topological polar surface area (TPSA) is 57.2 Å². The van der Waals surface area contributed by atoms with Gasteiger partial charge in [0.05, 0.1) is 34.5 Å². The zero-order valence-corrected chi connectivity index (χ0v) is 21.0. The highest BCUT2D eigenvalue weighted by atomic mass is 16.5. The molecule has 2 aliphatic rings. The molecule has 1 heterocycles. The molecule has 36 heavy (non-hydrogen) atoms. The maximum Gasteiger partial charge on any atom is 0.254 e. The molecule has 1 atom stereocenters. The van der Waals surface area contributed by atoms with Crippen molar-refractivity contribution in [1.29, 1.82) is 0 Å². The van der Waals surface area contributed by atoms with Crippen LogP contribution in [-0.2, 0) is 16.6 Å². The SMILES string of the molecule is COc1ccc(C2(c3ccc(OC)cc3OC)C=Cc3cccc(C(=O)N4CCOCC4)c3C2)cc1. The number of allylic oxidation sites excluding steroid dienone is 1. The maximum atomic E-state index is 13.6. The number of ether oxygens (including phenoxy) is 4. The number of carbonyl (C=O) groups is 1. The summed E-state index contributed by atoms with van der Waals surface area (Å²) in [5, 5.41) is 0. The second-order valence-corrected chi connectivity index (χ2v) is 9.05. The molecule has 3 aromatic rings. The third kappa shape index (κ3) is 4.22. The molecule has 5 rings (SSSR count). The van der Waals surface area contributed by atoms with E-state index in [4.69, 9.17) is 18.9 Å². The summed E-state index contributed by atoms with van der Waals surface area (Å²) in [6.45, 7) is 2.35. The first-order chi connectivity index (χ1) is 17.6. The van der Waals surface area contributed by atoms with Gasteiger partial charge < -0.3 is 23.8 Å². The second-order valence-electron chi connectivity index (χ2n) is 9.05. The molecule has 186 valence electrons. The molecule has 0 bridgehead atoms. The molecule has 0 N–H and O–H groups in total. The number of hydrogen-bond acceptors (Lipinski definition) is 5. The van der Waals surface area contributed by atoms with E-state index in [1.54, 1.807) is 21.3 Å². The van der Waals surface area contributed by atoms with Crippen LogP contribution in [0.15, 0.2) is 66.7 Å². The predicted octanol–water partition coefficient (Wildman–Crippen LogP) is 4.74. The zero-order chi connectivity index (χ0) is 25.1. The van der Waals surface area contributed by atoms with Gasteiger partial charge in [0.2, 0.25) is 0 Å². The molecule has 0 radical (unpaired) electrons. The minimum atomic E-state index is -0.557. The lowest BCUT2D eigenvalue weighted by molar-refractivity contribution is 0.0302. The van der Waals surface area contributed by atoms with Gasteiger partial charge in [-0.05, 0) is 47.4 Å². The Hall–Kier alpha value is -3.77. The Bertz CT molecular complexity index is 1280. The molecule has 0 spiro atoms. The Morgan fingerprint density at radius 2 is 1.61 bits per heavy atom. The number of rotatable bonds is 6. The molecule has 6 nitrogen and oxygen atoms in total. The predicted molar refractivity (Wildman–Crippen MR) is 139 cm³/mol. The van der Waals surface area contributed by atoms with Crippen LogP contribution in [-0.4, -0.2) is 58.4 Å². The molecule has 0 aromatic heterocycles. The summed E-state index contributed by atoms with van der Waals surface area (Å²) in [4.78, 5) is 15.5. The Balaban J connectivity index is 1.67. The highest BCUT2D eigenvalue weighted by Gasteiger charge is 2.39. The Kier molecular flexibility index (Phi) is 6.70. The van der Waals surface area contributed by atoms with Gasteiger partial charge in [0, 0.05) is 35.7 Å². The van der Waals surface area contributed by atoms with E-state index in [0.29, 0.717) is 32.7 Å². The third-order valence-corrected chi connectivity index (χ3v) is 7.24. The molecule has 1 aliphatic carbocycles. The second kappa shape index (κ2) is 10.1. The number of fused-ring (bicyclic) bond motifs is 1. The van der Waals surface area contributed by atoms with Crippen molar-refractivity contribution in [2.75, 3.05) is 47.6 Å². The summed E-state index contributed by atoms with van der Waals surface area (Å²) in [7, 11) is 4.99. The van der Waals surface area contributed by atoms with E-state index < -0.39 is 5.41 Å². The Morgan fingerprint density at radius 1 is 0.889 bits per heavy atom. The van der Waals surface area contributed by atoms with Gasteiger partial charge in [-0.1, -0.05) is 42.5 Å². The number of benzene rings is 3. The van der Waals surface area contributed by atoms with Gasteiger partial charge >= 0.3 is 0 Å². The lowest BCUT2D eigenvalue weighted by Gasteiger charge is -2.38. The zero-order valence-electron chi connectivity index (χ0n) is 21.0. The minimum Gasteiger partial charge on any atom is -0.497 e. The summed E-state index contributed by atoms with van der Waals surface area (Å²) >= 11 is 0. The summed E-state index contributed by atoms with van der Waals surface area (Å²) in [6, 6.07) is 20.0. The maximum absolute atomic E-state index is 13.6. The van der Waals surface area contributed by atoms with Crippen LogP contribution in [0.2, 0.25) is 0 Å². The quantitative estimate of drug-likeness (QED) is 0.505. The average Bonchev–Trinajstić information content (AvgIpc) is 2.96. The van der Waals surface area contributed by atoms with Crippen molar-refractivity contribution in [3.05, 3.63) is 94.6 Å². The van der Waals surface area contributed by atoms with Crippen LogP contribution < -0.4 is 14.2 Å². The Labute approximate surface area is 212 Å². The molecular formula is C30H31NO5. The van der Waals surface area contributed by atoms with Gasteiger partial charge in [-0.2, -0.15) is 0 Å². The first-order valence-corrected chi connectivity index (χ1v) is 12.1. The fourth-order valence-electron chi connectivity index (χ4n) is 5.26. The number of amides is 1. The lowest BCUT2D eigenvalue weighted by Crippen LogP contribution is -2.41. The summed E-state index contributed by atoms with van der Waals surface area (Å²) in [5.41, 5.74) is 4.37. The summed E-state index contributed by atoms with van der Waals surface area (Å²) < 4.78 is 22.2. The minimum absolute atomic E-state index is 0.0516. The van der Waals surface area contributed by atoms with E-state index in [-0.39, 0.29) is 5.91 Å². The van der Waals surface area contributed by atoms with Gasteiger partial charge in [-0.25, -0.2) is 0 Å². The molecule has 6 heteroatoms. The molecule has 1 aliphatic heterocycles.